The number of nitrogens with one attached hydrogen (secondary N) is 1. The molecule has 1 N–H and O–H groups in total. The first-order valence-electron chi connectivity index (χ1n) is 10.6. The van der Waals surface area contributed by atoms with Crippen molar-refractivity contribution in [3.05, 3.63) is 87.8 Å². The minimum atomic E-state index is -0.370. The number of ether oxygens (including phenoxy) is 1. The maximum atomic E-state index is 13.3. The van der Waals surface area contributed by atoms with Crippen LogP contribution in [0.5, 0.6) is 5.75 Å². The number of fused-ring (bicyclic) bond motifs is 1. The quantitative estimate of drug-likeness (QED) is 0.389. The highest BCUT2D eigenvalue weighted by Crippen LogP contribution is 2.29. The van der Waals surface area contributed by atoms with E-state index in [0.29, 0.717) is 33.3 Å². The number of rotatable bonds is 6. The maximum absolute atomic E-state index is 13.3. The van der Waals surface area contributed by atoms with E-state index in [2.05, 4.69) is 10.5 Å². The van der Waals surface area contributed by atoms with Crippen LogP contribution in [0.1, 0.15) is 37.7 Å². The van der Waals surface area contributed by atoms with Crippen LogP contribution >= 0.6 is 11.6 Å². The van der Waals surface area contributed by atoms with Crippen molar-refractivity contribution in [2.45, 2.75) is 20.5 Å². The molecular weight excluding hydrogens is 454 g/mol. The first-order valence-corrected chi connectivity index (χ1v) is 11.0. The molecule has 0 bridgehead atoms. The summed E-state index contributed by atoms with van der Waals surface area (Å²) in [4.78, 5) is 27.2. The summed E-state index contributed by atoms with van der Waals surface area (Å²) in [5.41, 5.74) is 2.69. The maximum Gasteiger partial charge on any atom is 0.259 e. The van der Waals surface area contributed by atoms with Crippen molar-refractivity contribution in [1.29, 1.82) is 0 Å². The molecule has 0 spiro atoms. The van der Waals surface area contributed by atoms with Gasteiger partial charge in [-0.3, -0.25) is 9.59 Å². The predicted octanol–water partition coefficient (Wildman–Crippen LogP) is 5.63. The summed E-state index contributed by atoms with van der Waals surface area (Å²) in [5.74, 6) is 0.471. The van der Waals surface area contributed by atoms with Crippen LogP contribution in [0.2, 0.25) is 5.02 Å². The molecule has 1 heterocycles. The van der Waals surface area contributed by atoms with Gasteiger partial charge < -0.3 is 19.5 Å². The molecule has 0 aliphatic heterocycles. The van der Waals surface area contributed by atoms with E-state index >= 15 is 0 Å². The predicted molar refractivity (Wildman–Crippen MR) is 132 cm³/mol. The number of carbonyl (C=O) groups excluding carboxylic acids is 2. The fourth-order valence-electron chi connectivity index (χ4n) is 3.58. The van der Waals surface area contributed by atoms with Crippen molar-refractivity contribution in [2.24, 2.45) is 0 Å². The number of hydrogen-bond acceptors (Lipinski definition) is 5. The normalized spacial score (nSPS) is 10.9. The van der Waals surface area contributed by atoms with Gasteiger partial charge >= 0.3 is 0 Å². The molecule has 0 aliphatic rings. The number of anilines is 1. The minimum absolute atomic E-state index is 0.211. The number of aromatic nitrogens is 1. The van der Waals surface area contributed by atoms with E-state index < -0.39 is 0 Å². The first-order chi connectivity index (χ1) is 16.2. The van der Waals surface area contributed by atoms with E-state index in [1.165, 1.54) is 4.90 Å². The smallest absolute Gasteiger partial charge is 0.259 e. The van der Waals surface area contributed by atoms with Crippen LogP contribution in [-0.2, 0) is 6.61 Å². The third kappa shape index (κ3) is 4.75. The number of hydrogen-bond donors (Lipinski definition) is 1. The molecule has 2 amide bonds. The van der Waals surface area contributed by atoms with Crippen molar-refractivity contribution in [3.63, 3.8) is 0 Å². The van der Waals surface area contributed by atoms with E-state index in [4.69, 9.17) is 20.9 Å². The third-order valence-electron chi connectivity index (χ3n) is 5.51. The SMILES string of the molecule is Cc1noc(C)c1COc1cc2ccccc2cc1C(=O)Nc1ccc(Cl)c(C(=O)N(C)C)c1. The highest BCUT2D eigenvalue weighted by Gasteiger charge is 2.19. The zero-order chi connectivity index (χ0) is 24.4. The number of benzene rings is 3. The van der Waals surface area contributed by atoms with Gasteiger partial charge in [0.1, 0.15) is 18.1 Å². The van der Waals surface area contributed by atoms with Gasteiger partial charge in [0.15, 0.2) is 0 Å². The fraction of sp³-hybridized carbons (Fsp3) is 0.192. The third-order valence-corrected chi connectivity index (χ3v) is 5.84. The molecule has 3 aromatic carbocycles. The van der Waals surface area contributed by atoms with Crippen molar-refractivity contribution in [1.82, 2.24) is 10.1 Å². The molecule has 0 atom stereocenters. The first kappa shape index (κ1) is 23.3. The molecule has 4 aromatic rings. The molecule has 7 nitrogen and oxygen atoms in total. The lowest BCUT2D eigenvalue weighted by Crippen LogP contribution is -2.22. The van der Waals surface area contributed by atoms with Crippen LogP contribution in [0.3, 0.4) is 0 Å². The topological polar surface area (TPSA) is 84.7 Å². The summed E-state index contributed by atoms with van der Waals surface area (Å²) in [6, 6.07) is 16.2. The van der Waals surface area contributed by atoms with E-state index in [-0.39, 0.29) is 18.4 Å². The van der Waals surface area contributed by atoms with Crippen molar-refractivity contribution < 1.29 is 18.8 Å². The molecule has 8 heteroatoms. The van der Waals surface area contributed by atoms with Gasteiger partial charge in [-0.2, -0.15) is 0 Å². The second kappa shape index (κ2) is 9.57. The highest BCUT2D eigenvalue weighted by atomic mass is 35.5. The number of carbonyl (C=O) groups is 2. The summed E-state index contributed by atoms with van der Waals surface area (Å²) >= 11 is 6.20. The van der Waals surface area contributed by atoms with Gasteiger partial charge in [0, 0.05) is 19.8 Å². The van der Waals surface area contributed by atoms with Crippen LogP contribution in [0.15, 0.2) is 59.1 Å². The molecule has 4 rings (SSSR count). The van der Waals surface area contributed by atoms with Crippen molar-refractivity contribution in [2.75, 3.05) is 19.4 Å². The lowest BCUT2D eigenvalue weighted by Gasteiger charge is -2.15. The van der Waals surface area contributed by atoms with Crippen molar-refractivity contribution >= 4 is 39.9 Å². The Labute approximate surface area is 202 Å². The van der Waals surface area contributed by atoms with E-state index in [1.54, 1.807) is 38.4 Å². The van der Waals surface area contributed by atoms with Crippen LogP contribution in [0.25, 0.3) is 10.8 Å². The number of aryl methyl sites for hydroxylation is 2. The standard InChI is InChI=1S/C26H24ClN3O4/c1-15-22(16(2)34-29-15)14-33-24-12-18-8-6-5-7-17(18)11-21(24)25(31)28-19-9-10-23(27)20(13-19)26(32)30(3)4/h5-13H,14H2,1-4H3,(H,28,31). The molecular formula is C26H24ClN3O4. The number of amides is 2. The Morgan fingerprint density at radius 3 is 2.38 bits per heavy atom. The van der Waals surface area contributed by atoms with Crippen LogP contribution < -0.4 is 10.1 Å². The molecule has 0 saturated heterocycles. The van der Waals surface area contributed by atoms with E-state index in [0.717, 1.165) is 22.0 Å². The minimum Gasteiger partial charge on any atom is -0.488 e. The van der Waals surface area contributed by atoms with Gasteiger partial charge in [-0.15, -0.1) is 0 Å². The molecule has 0 aliphatic carbocycles. The van der Waals surface area contributed by atoms with Crippen molar-refractivity contribution in [3.8, 4) is 5.75 Å². The molecule has 0 fully saturated rings. The Balaban J connectivity index is 1.67. The fourth-order valence-corrected chi connectivity index (χ4v) is 3.78. The van der Waals surface area contributed by atoms with Crippen LogP contribution in [0.4, 0.5) is 5.69 Å². The molecule has 0 radical (unpaired) electrons. The molecule has 0 saturated carbocycles. The molecule has 34 heavy (non-hydrogen) atoms. The summed E-state index contributed by atoms with van der Waals surface area (Å²) in [6.07, 6.45) is 0. The number of halogens is 1. The van der Waals surface area contributed by atoms with Gasteiger partial charge in [-0.1, -0.05) is 41.0 Å². The molecule has 1 aromatic heterocycles. The lowest BCUT2D eigenvalue weighted by atomic mass is 10.0. The summed E-state index contributed by atoms with van der Waals surface area (Å²) in [7, 11) is 3.28. The molecule has 174 valence electrons. The Morgan fingerprint density at radius 1 is 1.03 bits per heavy atom. The molecule has 0 unspecified atom stereocenters. The highest BCUT2D eigenvalue weighted by molar-refractivity contribution is 6.34. The summed E-state index contributed by atoms with van der Waals surface area (Å²) in [5, 5.41) is 8.97. The van der Waals surface area contributed by atoms with Crippen LogP contribution in [-0.4, -0.2) is 36.0 Å². The Hall–Kier alpha value is -3.84. The number of nitrogens with zero attached hydrogens (tertiary/aromatic N) is 2. The second-order valence-electron chi connectivity index (χ2n) is 8.14. The van der Waals surface area contributed by atoms with Crippen LogP contribution in [0, 0.1) is 13.8 Å². The summed E-state index contributed by atoms with van der Waals surface area (Å²) in [6.45, 7) is 3.87. The second-order valence-corrected chi connectivity index (χ2v) is 8.54. The Kier molecular flexibility index (Phi) is 6.56. The van der Waals surface area contributed by atoms with Gasteiger partial charge in [0.2, 0.25) is 0 Å². The monoisotopic (exact) mass is 477 g/mol. The average molecular weight is 478 g/mol. The lowest BCUT2D eigenvalue weighted by molar-refractivity contribution is 0.0827. The van der Waals surface area contributed by atoms with Gasteiger partial charge in [-0.05, 0) is 55.0 Å². The van der Waals surface area contributed by atoms with E-state index in [9.17, 15) is 9.59 Å². The zero-order valence-electron chi connectivity index (χ0n) is 19.3. The van der Waals surface area contributed by atoms with Gasteiger partial charge in [-0.25, -0.2) is 0 Å². The Bertz CT molecular complexity index is 1370. The largest absolute Gasteiger partial charge is 0.488 e. The summed E-state index contributed by atoms with van der Waals surface area (Å²) < 4.78 is 11.3. The van der Waals surface area contributed by atoms with E-state index in [1.807, 2.05) is 44.2 Å². The van der Waals surface area contributed by atoms with Gasteiger partial charge in [0.05, 0.1) is 27.4 Å². The zero-order valence-corrected chi connectivity index (χ0v) is 20.1. The Morgan fingerprint density at radius 2 is 1.74 bits per heavy atom. The average Bonchev–Trinajstić information content (AvgIpc) is 3.14. The van der Waals surface area contributed by atoms with Gasteiger partial charge in [0.25, 0.3) is 11.8 Å².